The van der Waals surface area contributed by atoms with Crippen LogP contribution in [0.4, 0.5) is 14.4 Å². The monoisotopic (exact) mass is 1220 g/mol. The third-order valence-electron chi connectivity index (χ3n) is 13.2. The number of nitrogens with one attached hydrogen (secondary N) is 7. The Kier molecular flexibility index (Phi) is 23.3. The van der Waals surface area contributed by atoms with Crippen LogP contribution in [0.1, 0.15) is 141 Å². The van der Waals surface area contributed by atoms with E-state index in [0.29, 0.717) is 28.3 Å². The van der Waals surface area contributed by atoms with Gasteiger partial charge in [-0.2, -0.15) is 5.26 Å². The van der Waals surface area contributed by atoms with Crippen LogP contribution in [0.15, 0.2) is 54.6 Å². The van der Waals surface area contributed by atoms with Gasteiger partial charge < -0.3 is 70.9 Å². The maximum absolute atomic E-state index is 15.4. The number of aromatic hydroxyl groups is 1. The molecule has 0 saturated carbocycles. The van der Waals surface area contributed by atoms with Crippen molar-refractivity contribution in [2.45, 2.75) is 163 Å². The van der Waals surface area contributed by atoms with Crippen LogP contribution in [0.2, 0.25) is 0 Å². The molecule has 88 heavy (non-hydrogen) atoms. The zero-order chi connectivity index (χ0) is 65.6. The maximum Gasteiger partial charge on any atom is 0.407 e. The number of likely N-dealkylation sites (N-methyl/N-ethyl adjacent to an activating group) is 1. The first kappa shape index (κ1) is 69.6. The first-order valence-corrected chi connectivity index (χ1v) is 28.9. The predicted octanol–water partition coefficient (Wildman–Crippen LogP) is 6.64. The molecule has 1 aliphatic heterocycles. The molecule has 0 fully saturated rings. The zero-order valence-corrected chi connectivity index (χ0v) is 53.2. The fourth-order valence-electron chi connectivity index (χ4n) is 9.10. The molecule has 1 aliphatic rings. The Morgan fingerprint density at radius 1 is 0.705 bits per heavy atom. The van der Waals surface area contributed by atoms with Gasteiger partial charge >= 0.3 is 18.3 Å². The number of nitriles is 1. The van der Waals surface area contributed by atoms with Crippen LogP contribution in [0.3, 0.4) is 0 Å². The van der Waals surface area contributed by atoms with Gasteiger partial charge in [0.1, 0.15) is 66.5 Å². The van der Waals surface area contributed by atoms with Crippen molar-refractivity contribution < 1.29 is 67.1 Å². The second-order valence-corrected chi connectivity index (χ2v) is 25.2. The van der Waals surface area contributed by atoms with Crippen LogP contribution >= 0.6 is 0 Å². The summed E-state index contributed by atoms with van der Waals surface area (Å²) in [6, 6.07) is 11.0. The van der Waals surface area contributed by atoms with Crippen molar-refractivity contribution in [2.24, 2.45) is 0 Å². The van der Waals surface area contributed by atoms with Gasteiger partial charge in [0.15, 0.2) is 17.3 Å². The summed E-state index contributed by atoms with van der Waals surface area (Å²) in [6.07, 6.45) is -2.78. The fraction of sp³-hybridized carbons (Fsp3) is 0.508. The molecule has 0 radical (unpaired) electrons. The first-order valence-electron chi connectivity index (χ1n) is 28.9. The van der Waals surface area contributed by atoms with Gasteiger partial charge in [-0.15, -0.1) is 0 Å². The molecule has 8 amide bonds. The Bertz CT molecular complexity index is 3240. The lowest BCUT2D eigenvalue weighted by Crippen LogP contribution is -2.56. The zero-order valence-electron chi connectivity index (χ0n) is 53.2. The Labute approximate surface area is 514 Å². The quantitative estimate of drug-likeness (QED) is 0.0294. The number of hydrogen-bond donors (Lipinski definition) is 8. The lowest BCUT2D eigenvalue weighted by Gasteiger charge is -2.33. The number of phenols is 1. The molecule has 0 aliphatic carbocycles. The molecule has 476 valence electrons. The number of hydrogen-bond acceptors (Lipinski definition) is 17. The number of alkyl carbamates (subject to hydrolysis) is 3. The number of amides is 8. The van der Waals surface area contributed by atoms with Gasteiger partial charge in [-0.25, -0.2) is 24.4 Å². The molecule has 2 heterocycles. The topological polar surface area (TPSA) is 340 Å². The van der Waals surface area contributed by atoms with Crippen molar-refractivity contribution >= 4 is 47.8 Å². The second kappa shape index (κ2) is 29.5. The van der Waals surface area contributed by atoms with Gasteiger partial charge in [0.25, 0.3) is 5.91 Å². The molecule has 25 heteroatoms. The van der Waals surface area contributed by atoms with Gasteiger partial charge in [0.05, 0.1) is 36.1 Å². The van der Waals surface area contributed by atoms with Crippen molar-refractivity contribution in [1.29, 1.82) is 5.26 Å². The number of phenolic OH excluding ortho intramolecular Hbond substituents is 1. The standard InChI is InChI=1S/C63H85N11O14/c1-35-48(36(2)70-51(69-35)39-17-20-41(21-18-39)60(4,5)6)54(78)72-44(23-25-66-57(81)86-61(7,8)9)56(80)74(16)49-40-19-22-46(84-29-27-67-58(82)87-62(10,11)12)42(34-40)43-31-38(33-47(50(43)75)85-30-28-68-59(83)88-63(13,14)15)32-45(53(77)65-26-24-64)73-52(76)37(3)71-55(49)79/h17-22,31,33-34,37,44-45,49,75H,23,25-30,32H2,1-16H3,(H,65,77)(H,66,81)(H,67,82)(H,68,83)(H,71,79)(H,72,78)(H,73,76)/t37-,44-,45-,49-/m0/s1. The highest BCUT2D eigenvalue weighted by Gasteiger charge is 2.37. The summed E-state index contributed by atoms with van der Waals surface area (Å²) in [4.78, 5) is 122. The van der Waals surface area contributed by atoms with Crippen LogP contribution in [0, 0.1) is 25.2 Å². The molecule has 5 rings (SSSR count). The second-order valence-electron chi connectivity index (χ2n) is 25.2. The van der Waals surface area contributed by atoms with E-state index >= 15 is 9.59 Å². The molecule has 0 spiro atoms. The number of nitrogens with zero attached hydrogens (tertiary/aromatic N) is 4. The van der Waals surface area contributed by atoms with E-state index in [1.165, 1.54) is 44.3 Å². The normalized spacial score (nSPS) is 15.7. The maximum atomic E-state index is 15.4. The van der Waals surface area contributed by atoms with Crippen molar-refractivity contribution in [1.82, 2.24) is 52.1 Å². The summed E-state index contributed by atoms with van der Waals surface area (Å²) in [5, 5.41) is 40.1. The molecule has 0 unspecified atom stereocenters. The molecule has 1 aromatic heterocycles. The fourth-order valence-corrected chi connectivity index (χ4v) is 9.10. The number of fused-ring (bicyclic) bond motifs is 5. The van der Waals surface area contributed by atoms with E-state index < -0.39 is 101 Å². The molecule has 4 bridgehead atoms. The Hall–Kier alpha value is -9.21. The smallest absolute Gasteiger partial charge is 0.407 e. The van der Waals surface area contributed by atoms with Crippen molar-refractivity contribution in [3.8, 4) is 45.8 Å². The van der Waals surface area contributed by atoms with E-state index in [1.807, 2.05) is 30.3 Å². The molecular formula is C63H85N11O14. The summed E-state index contributed by atoms with van der Waals surface area (Å²) in [6.45, 7) is 24.9. The van der Waals surface area contributed by atoms with Crippen molar-refractivity contribution in [3.63, 3.8) is 0 Å². The number of benzene rings is 3. The third-order valence-corrected chi connectivity index (χ3v) is 13.2. The van der Waals surface area contributed by atoms with E-state index in [0.717, 1.165) is 10.5 Å². The minimum atomic E-state index is -1.67. The molecule has 3 aromatic carbocycles. The predicted molar refractivity (Wildman–Crippen MR) is 326 cm³/mol. The van der Waals surface area contributed by atoms with Gasteiger partial charge in [-0.3, -0.25) is 24.0 Å². The Morgan fingerprint density at radius 3 is 1.76 bits per heavy atom. The van der Waals surface area contributed by atoms with Gasteiger partial charge in [-0.1, -0.05) is 51.1 Å². The summed E-state index contributed by atoms with van der Waals surface area (Å²) >= 11 is 0. The van der Waals surface area contributed by atoms with Crippen molar-refractivity contribution in [2.75, 3.05) is 46.4 Å². The highest BCUT2D eigenvalue weighted by molar-refractivity contribution is 6.01. The molecule has 0 saturated heterocycles. The number of carbonyl (C=O) groups excluding carboxylic acids is 8. The summed E-state index contributed by atoms with van der Waals surface area (Å²) in [5.41, 5.74) is 0.314. The average molecular weight is 1220 g/mol. The number of aryl methyl sites for hydroxylation is 2. The lowest BCUT2D eigenvalue weighted by atomic mass is 9.86. The summed E-state index contributed by atoms with van der Waals surface area (Å²) in [5.74, 6) is -4.36. The van der Waals surface area contributed by atoms with Crippen LogP contribution < -0.4 is 46.7 Å². The third kappa shape index (κ3) is 20.5. The van der Waals surface area contributed by atoms with Crippen LogP contribution in [0.25, 0.3) is 22.5 Å². The van der Waals surface area contributed by atoms with Crippen LogP contribution in [-0.2, 0) is 45.2 Å². The van der Waals surface area contributed by atoms with E-state index in [2.05, 4.69) is 58.0 Å². The van der Waals surface area contributed by atoms with E-state index in [1.54, 1.807) is 76.2 Å². The number of aromatic nitrogens is 2. The van der Waals surface area contributed by atoms with Crippen molar-refractivity contribution in [3.05, 3.63) is 88.2 Å². The average Bonchev–Trinajstić information content (AvgIpc) is 0.942. The van der Waals surface area contributed by atoms with E-state index in [-0.39, 0.29) is 84.9 Å². The molecule has 4 atom stereocenters. The van der Waals surface area contributed by atoms with Crippen LogP contribution in [-0.4, -0.2) is 149 Å². The molecular weight excluding hydrogens is 1130 g/mol. The van der Waals surface area contributed by atoms with E-state index in [4.69, 9.17) is 33.7 Å². The highest BCUT2D eigenvalue weighted by atomic mass is 16.6. The van der Waals surface area contributed by atoms with Crippen LogP contribution in [0.5, 0.6) is 17.2 Å². The van der Waals surface area contributed by atoms with Gasteiger partial charge in [0.2, 0.25) is 23.6 Å². The lowest BCUT2D eigenvalue weighted by molar-refractivity contribution is -0.141. The SMILES string of the molecule is Cc1nc(-c2ccc(C(C)(C)C)cc2)nc(C)c1C(=O)N[C@@H](CCNC(=O)OC(C)(C)C)C(=O)N(C)[C@@H]1C(=O)N[C@@H](C)C(=O)N[C@H](C(=O)NCC#N)Cc2cc(OCCNC(=O)OC(C)(C)C)c(O)c(c2)-c2cc1ccc2OCCNC(=O)OC(C)(C)C. The summed E-state index contributed by atoms with van der Waals surface area (Å²) < 4.78 is 28.6. The van der Waals surface area contributed by atoms with Gasteiger partial charge in [-0.05, 0) is 136 Å². The molecule has 4 aromatic rings. The Balaban J connectivity index is 1.67. The first-order chi connectivity index (χ1) is 40.9. The number of rotatable bonds is 18. The number of ether oxygens (including phenoxy) is 5. The Morgan fingerprint density at radius 2 is 1.24 bits per heavy atom. The van der Waals surface area contributed by atoms with Gasteiger partial charge in [0, 0.05) is 36.7 Å². The largest absolute Gasteiger partial charge is 0.504 e. The summed E-state index contributed by atoms with van der Waals surface area (Å²) in [7, 11) is 1.30. The minimum absolute atomic E-state index is 0.00937. The highest BCUT2D eigenvalue weighted by Crippen LogP contribution is 2.44. The minimum Gasteiger partial charge on any atom is -0.504 e. The number of carbonyl (C=O) groups is 8. The molecule has 8 N–H and O–H groups in total. The molecule has 25 nitrogen and oxygen atoms in total. The van der Waals surface area contributed by atoms with E-state index in [9.17, 15) is 39.1 Å².